The Kier molecular flexibility index (Phi) is 6.00. The van der Waals surface area contributed by atoms with E-state index in [9.17, 15) is 4.79 Å². The fourth-order valence-corrected chi connectivity index (χ4v) is 3.66. The maximum atomic E-state index is 12.6. The zero-order chi connectivity index (χ0) is 17.8. The number of halogens is 2. The van der Waals surface area contributed by atoms with Gasteiger partial charge >= 0.3 is 0 Å². The first-order valence-corrected chi connectivity index (χ1v) is 9.27. The van der Waals surface area contributed by atoms with Gasteiger partial charge in [0.1, 0.15) is 0 Å². The molecular formula is C20H22Cl2N2O. The summed E-state index contributed by atoms with van der Waals surface area (Å²) in [4.78, 5) is 17.0. The molecular weight excluding hydrogens is 355 g/mol. The van der Waals surface area contributed by atoms with E-state index in [4.69, 9.17) is 23.2 Å². The van der Waals surface area contributed by atoms with Crippen LogP contribution in [0.4, 0.5) is 0 Å². The van der Waals surface area contributed by atoms with E-state index in [2.05, 4.69) is 17.9 Å². The highest BCUT2D eigenvalue weighted by Crippen LogP contribution is 2.17. The van der Waals surface area contributed by atoms with E-state index in [1.165, 1.54) is 5.56 Å². The lowest BCUT2D eigenvalue weighted by Crippen LogP contribution is -2.54. The number of amides is 1. The SMILES string of the molecule is C[C@H]1CN(Cc2cccc(Cl)c2)CCN1C(=O)Cc1ccc(Cl)cc1. The summed E-state index contributed by atoms with van der Waals surface area (Å²) in [7, 11) is 0. The molecule has 0 bridgehead atoms. The highest BCUT2D eigenvalue weighted by molar-refractivity contribution is 6.30. The lowest BCUT2D eigenvalue weighted by molar-refractivity contribution is -0.135. The number of nitrogens with zero attached hydrogens (tertiary/aromatic N) is 2. The molecule has 5 heteroatoms. The van der Waals surface area contributed by atoms with Crippen molar-refractivity contribution in [2.24, 2.45) is 0 Å². The lowest BCUT2D eigenvalue weighted by Gasteiger charge is -2.40. The van der Waals surface area contributed by atoms with Crippen molar-refractivity contribution >= 4 is 29.1 Å². The van der Waals surface area contributed by atoms with Crippen LogP contribution >= 0.6 is 23.2 Å². The van der Waals surface area contributed by atoms with E-state index in [-0.39, 0.29) is 11.9 Å². The molecule has 0 saturated carbocycles. The first-order chi connectivity index (χ1) is 12.0. The van der Waals surface area contributed by atoms with Crippen LogP contribution in [0, 0.1) is 0 Å². The van der Waals surface area contributed by atoms with Gasteiger partial charge in [-0.2, -0.15) is 0 Å². The molecule has 1 heterocycles. The highest BCUT2D eigenvalue weighted by Gasteiger charge is 2.27. The molecule has 132 valence electrons. The Morgan fingerprint density at radius 3 is 2.48 bits per heavy atom. The standard InChI is InChI=1S/C20H22Cl2N2O/c1-15-13-23(14-17-3-2-4-19(22)11-17)9-10-24(15)20(25)12-16-5-7-18(21)8-6-16/h2-8,11,15H,9-10,12-14H2,1H3/t15-/m0/s1. The third-order valence-corrected chi connectivity index (χ3v) is 5.08. The molecule has 2 aromatic carbocycles. The Morgan fingerprint density at radius 2 is 1.80 bits per heavy atom. The summed E-state index contributed by atoms with van der Waals surface area (Å²) in [6.07, 6.45) is 0.426. The summed E-state index contributed by atoms with van der Waals surface area (Å²) >= 11 is 12.0. The molecule has 1 aliphatic heterocycles. The maximum Gasteiger partial charge on any atom is 0.227 e. The summed E-state index contributed by atoms with van der Waals surface area (Å²) < 4.78 is 0. The van der Waals surface area contributed by atoms with Gasteiger partial charge in [-0.25, -0.2) is 0 Å². The minimum atomic E-state index is 0.178. The van der Waals surface area contributed by atoms with Crippen LogP contribution in [0.2, 0.25) is 10.0 Å². The zero-order valence-electron chi connectivity index (χ0n) is 14.3. The second-order valence-corrected chi connectivity index (χ2v) is 7.48. The van der Waals surface area contributed by atoms with Gasteiger partial charge in [0, 0.05) is 42.3 Å². The molecule has 1 saturated heterocycles. The van der Waals surface area contributed by atoms with E-state index in [0.717, 1.165) is 36.8 Å². The molecule has 0 spiro atoms. The second kappa shape index (κ2) is 8.22. The number of hydrogen-bond donors (Lipinski definition) is 0. The second-order valence-electron chi connectivity index (χ2n) is 6.60. The fraction of sp³-hybridized carbons (Fsp3) is 0.350. The van der Waals surface area contributed by atoms with Gasteiger partial charge in [-0.15, -0.1) is 0 Å². The van der Waals surface area contributed by atoms with Crippen LogP contribution in [0.5, 0.6) is 0 Å². The van der Waals surface area contributed by atoms with Crippen molar-refractivity contribution in [2.75, 3.05) is 19.6 Å². The topological polar surface area (TPSA) is 23.6 Å². The molecule has 3 rings (SSSR count). The smallest absolute Gasteiger partial charge is 0.227 e. The average Bonchev–Trinajstić information content (AvgIpc) is 2.57. The van der Waals surface area contributed by atoms with Crippen molar-refractivity contribution in [2.45, 2.75) is 25.9 Å². The van der Waals surface area contributed by atoms with Crippen LogP contribution in [0.3, 0.4) is 0 Å². The molecule has 1 fully saturated rings. The highest BCUT2D eigenvalue weighted by atomic mass is 35.5. The zero-order valence-corrected chi connectivity index (χ0v) is 15.8. The van der Waals surface area contributed by atoms with Crippen molar-refractivity contribution in [1.29, 1.82) is 0 Å². The van der Waals surface area contributed by atoms with E-state index in [0.29, 0.717) is 11.4 Å². The Balaban J connectivity index is 1.55. The van der Waals surface area contributed by atoms with E-state index < -0.39 is 0 Å². The number of carbonyl (C=O) groups is 1. The van der Waals surface area contributed by atoms with Crippen LogP contribution in [0.1, 0.15) is 18.1 Å². The van der Waals surface area contributed by atoms with Crippen LogP contribution in [0.15, 0.2) is 48.5 Å². The maximum absolute atomic E-state index is 12.6. The summed E-state index contributed by atoms with van der Waals surface area (Å²) in [5.74, 6) is 0.178. The molecule has 1 amide bonds. The predicted molar refractivity (Wildman–Crippen MR) is 103 cm³/mol. The van der Waals surface area contributed by atoms with Crippen LogP contribution in [0.25, 0.3) is 0 Å². The first kappa shape index (κ1) is 18.2. The number of rotatable bonds is 4. The number of benzene rings is 2. The van der Waals surface area contributed by atoms with Crippen molar-refractivity contribution in [3.8, 4) is 0 Å². The van der Waals surface area contributed by atoms with Crippen molar-refractivity contribution in [1.82, 2.24) is 9.80 Å². The average molecular weight is 377 g/mol. The molecule has 25 heavy (non-hydrogen) atoms. The summed E-state index contributed by atoms with van der Waals surface area (Å²) in [5, 5.41) is 1.46. The first-order valence-electron chi connectivity index (χ1n) is 8.52. The Morgan fingerprint density at radius 1 is 1.04 bits per heavy atom. The molecule has 0 N–H and O–H groups in total. The van der Waals surface area contributed by atoms with Gasteiger partial charge in [-0.05, 0) is 42.3 Å². The minimum Gasteiger partial charge on any atom is -0.337 e. The number of hydrogen-bond acceptors (Lipinski definition) is 2. The van der Waals surface area contributed by atoms with E-state index in [1.807, 2.05) is 47.4 Å². The Hall–Kier alpha value is -1.55. The third kappa shape index (κ3) is 4.97. The molecule has 2 aromatic rings. The van der Waals surface area contributed by atoms with Gasteiger partial charge in [0.15, 0.2) is 0 Å². The molecule has 1 atom stereocenters. The lowest BCUT2D eigenvalue weighted by atomic mass is 10.1. The normalized spacial score (nSPS) is 18.4. The van der Waals surface area contributed by atoms with E-state index in [1.54, 1.807) is 0 Å². The summed E-state index contributed by atoms with van der Waals surface area (Å²) in [6, 6.07) is 15.7. The summed E-state index contributed by atoms with van der Waals surface area (Å²) in [6.45, 7) is 5.49. The number of piperazine rings is 1. The molecule has 0 unspecified atom stereocenters. The van der Waals surface area contributed by atoms with Crippen LogP contribution < -0.4 is 0 Å². The fourth-order valence-electron chi connectivity index (χ4n) is 3.32. The van der Waals surface area contributed by atoms with Gasteiger partial charge < -0.3 is 4.90 Å². The predicted octanol–water partition coefficient (Wildman–Crippen LogP) is 4.27. The van der Waals surface area contributed by atoms with Gasteiger partial charge in [0.05, 0.1) is 6.42 Å². The largest absolute Gasteiger partial charge is 0.337 e. The molecule has 1 aliphatic rings. The quantitative estimate of drug-likeness (QED) is 0.795. The van der Waals surface area contributed by atoms with Crippen molar-refractivity contribution < 1.29 is 4.79 Å². The van der Waals surface area contributed by atoms with Crippen molar-refractivity contribution in [3.63, 3.8) is 0 Å². The van der Waals surface area contributed by atoms with Crippen LogP contribution in [-0.2, 0) is 17.8 Å². The van der Waals surface area contributed by atoms with Crippen LogP contribution in [-0.4, -0.2) is 41.4 Å². The molecule has 0 radical (unpaired) electrons. The minimum absolute atomic E-state index is 0.178. The Labute approximate surface area is 159 Å². The number of carbonyl (C=O) groups excluding carboxylic acids is 1. The summed E-state index contributed by atoms with van der Waals surface area (Å²) in [5.41, 5.74) is 2.21. The third-order valence-electron chi connectivity index (χ3n) is 4.60. The van der Waals surface area contributed by atoms with Gasteiger partial charge in [-0.3, -0.25) is 9.69 Å². The monoisotopic (exact) mass is 376 g/mol. The molecule has 0 aromatic heterocycles. The van der Waals surface area contributed by atoms with Gasteiger partial charge in [-0.1, -0.05) is 47.5 Å². The molecule has 3 nitrogen and oxygen atoms in total. The van der Waals surface area contributed by atoms with Crippen molar-refractivity contribution in [3.05, 3.63) is 69.7 Å². The van der Waals surface area contributed by atoms with Gasteiger partial charge in [0.25, 0.3) is 0 Å². The molecule has 0 aliphatic carbocycles. The van der Waals surface area contributed by atoms with Gasteiger partial charge in [0.2, 0.25) is 5.91 Å². The Bertz CT molecular complexity index is 733. The van der Waals surface area contributed by atoms with E-state index >= 15 is 0 Å².